The van der Waals surface area contributed by atoms with E-state index in [1.807, 2.05) is 67.6 Å². The second-order valence-electron chi connectivity index (χ2n) is 8.76. The molecule has 6 nitrogen and oxygen atoms in total. The first-order valence-electron chi connectivity index (χ1n) is 12.0. The van der Waals surface area contributed by atoms with Gasteiger partial charge >= 0.3 is 0 Å². The highest BCUT2D eigenvalue weighted by molar-refractivity contribution is 6.32. The minimum absolute atomic E-state index is 0.185. The van der Waals surface area contributed by atoms with E-state index in [2.05, 4.69) is 17.2 Å². The predicted octanol–water partition coefficient (Wildman–Crippen LogP) is 6.89. The smallest absolute Gasteiger partial charge is 0.196 e. The lowest BCUT2D eigenvalue weighted by Gasteiger charge is -2.24. The molecule has 0 amide bonds. The van der Waals surface area contributed by atoms with Gasteiger partial charge in [0.05, 0.1) is 22.5 Å². The van der Waals surface area contributed by atoms with Crippen LogP contribution in [0.15, 0.2) is 97.6 Å². The fourth-order valence-corrected chi connectivity index (χ4v) is 4.27. The summed E-state index contributed by atoms with van der Waals surface area (Å²) in [6.45, 7) is 6.21. The zero-order valence-electron chi connectivity index (χ0n) is 20.4. The van der Waals surface area contributed by atoms with Crippen LogP contribution in [-0.2, 0) is 16.4 Å². The van der Waals surface area contributed by atoms with Crippen LogP contribution in [-0.4, -0.2) is 18.2 Å². The molecule has 0 aliphatic heterocycles. The zero-order chi connectivity index (χ0) is 25.8. The van der Waals surface area contributed by atoms with E-state index in [0.29, 0.717) is 46.8 Å². The molecule has 1 aliphatic rings. The summed E-state index contributed by atoms with van der Waals surface area (Å²) in [7, 11) is 0. The quantitative estimate of drug-likeness (QED) is 0.101. The van der Waals surface area contributed by atoms with Crippen molar-refractivity contribution < 1.29 is 19.4 Å². The number of carbonyl (C=O) groups excluding carboxylic acids is 2. The van der Waals surface area contributed by atoms with Gasteiger partial charge in [0, 0.05) is 22.5 Å². The molecule has 0 heterocycles. The number of aryl methyl sites for hydroxylation is 1. The number of ketones is 2. The molecule has 0 fully saturated rings. The highest BCUT2D eigenvalue weighted by Crippen LogP contribution is 2.38. The molecule has 0 unspecified atom stereocenters. The van der Waals surface area contributed by atoms with Crippen molar-refractivity contribution in [2.45, 2.75) is 13.5 Å². The molecule has 4 aromatic carbocycles. The van der Waals surface area contributed by atoms with Crippen LogP contribution in [0.3, 0.4) is 0 Å². The van der Waals surface area contributed by atoms with E-state index in [1.54, 1.807) is 30.3 Å². The Bertz CT molecular complexity index is 1470. The summed E-state index contributed by atoms with van der Waals surface area (Å²) in [4.78, 5) is 37.5. The van der Waals surface area contributed by atoms with Crippen LogP contribution in [0.2, 0.25) is 0 Å². The van der Waals surface area contributed by atoms with Crippen LogP contribution < -0.4 is 10.6 Å². The summed E-state index contributed by atoms with van der Waals surface area (Å²) in [6, 6.07) is 26.1. The van der Waals surface area contributed by atoms with Gasteiger partial charge in [-0.25, -0.2) is 9.78 Å². The third-order valence-corrected chi connectivity index (χ3v) is 6.13. The number of anilines is 4. The number of nitrogens with one attached hydrogen (secondary N) is 2. The van der Waals surface area contributed by atoms with Crippen molar-refractivity contribution in [2.75, 3.05) is 17.2 Å². The van der Waals surface area contributed by atoms with Crippen LogP contribution in [0.25, 0.3) is 0 Å². The minimum atomic E-state index is -0.190. The molecule has 1 aliphatic carbocycles. The fourth-order valence-electron chi connectivity index (χ4n) is 4.27. The second-order valence-corrected chi connectivity index (χ2v) is 8.76. The predicted molar refractivity (Wildman–Crippen MR) is 145 cm³/mol. The third-order valence-electron chi connectivity index (χ3n) is 6.13. The van der Waals surface area contributed by atoms with Gasteiger partial charge < -0.3 is 10.6 Å². The van der Waals surface area contributed by atoms with Crippen LogP contribution in [0, 0.1) is 6.92 Å². The van der Waals surface area contributed by atoms with Gasteiger partial charge in [0.15, 0.2) is 11.6 Å². The number of fused-ring (bicyclic) bond motifs is 2. The molecule has 0 spiro atoms. The highest BCUT2D eigenvalue weighted by atomic mass is 17.2. The van der Waals surface area contributed by atoms with Crippen molar-refractivity contribution in [1.29, 1.82) is 0 Å². The molecule has 0 radical (unpaired) electrons. The Morgan fingerprint density at radius 2 is 1.22 bits per heavy atom. The molecule has 0 saturated heterocycles. The number of hydrogen-bond donors (Lipinski definition) is 2. The highest BCUT2D eigenvalue weighted by Gasteiger charge is 2.34. The molecule has 4 aromatic rings. The van der Waals surface area contributed by atoms with Crippen molar-refractivity contribution in [3.63, 3.8) is 0 Å². The lowest BCUT2D eigenvalue weighted by molar-refractivity contribution is -0.295. The maximum atomic E-state index is 13.7. The number of rotatable bonds is 9. The van der Waals surface area contributed by atoms with Gasteiger partial charge in [-0.15, -0.1) is 6.58 Å². The van der Waals surface area contributed by atoms with E-state index in [9.17, 15) is 9.59 Å². The first-order chi connectivity index (χ1) is 18.0. The molecule has 5 rings (SSSR count). The molecule has 6 heteroatoms. The van der Waals surface area contributed by atoms with Crippen LogP contribution in [0.5, 0.6) is 0 Å². The van der Waals surface area contributed by atoms with E-state index in [4.69, 9.17) is 9.78 Å². The largest absolute Gasteiger partial charge is 0.355 e. The molecule has 0 saturated carbocycles. The number of carbonyl (C=O) groups is 2. The van der Waals surface area contributed by atoms with Gasteiger partial charge in [-0.2, -0.15) is 0 Å². The van der Waals surface area contributed by atoms with Gasteiger partial charge in [0.1, 0.15) is 13.2 Å². The van der Waals surface area contributed by atoms with Gasteiger partial charge in [0.25, 0.3) is 0 Å². The Morgan fingerprint density at radius 1 is 0.703 bits per heavy atom. The maximum Gasteiger partial charge on any atom is 0.196 e. The second kappa shape index (κ2) is 10.6. The molecular formula is C31H26N2O4. The van der Waals surface area contributed by atoms with Gasteiger partial charge in [-0.05, 0) is 48.9 Å². The fraction of sp³-hybridized carbons (Fsp3) is 0.0968. The van der Waals surface area contributed by atoms with E-state index in [-0.39, 0.29) is 11.6 Å². The number of benzene rings is 4. The van der Waals surface area contributed by atoms with E-state index in [0.717, 1.165) is 22.5 Å². The van der Waals surface area contributed by atoms with E-state index in [1.165, 1.54) is 0 Å². The van der Waals surface area contributed by atoms with Crippen LogP contribution >= 0.6 is 0 Å². The summed E-state index contributed by atoms with van der Waals surface area (Å²) in [5, 5.41) is 6.67. The Labute approximate surface area is 215 Å². The SMILES string of the molecule is C=CCOOCc1ccc(Nc2ccc(Nc3ccc(C)cc3)c3c2C(=O)c2ccccc2C3=O)cc1. The third kappa shape index (κ3) is 5.07. The summed E-state index contributed by atoms with van der Waals surface area (Å²) in [5.74, 6) is -0.375. The van der Waals surface area contributed by atoms with Gasteiger partial charge in [-0.1, -0.05) is 60.2 Å². The van der Waals surface area contributed by atoms with Crippen molar-refractivity contribution in [3.05, 3.63) is 131 Å². The molecular weight excluding hydrogens is 464 g/mol. The summed E-state index contributed by atoms with van der Waals surface area (Å²) < 4.78 is 0. The lowest BCUT2D eigenvalue weighted by Crippen LogP contribution is -2.23. The monoisotopic (exact) mass is 490 g/mol. The lowest BCUT2D eigenvalue weighted by atomic mass is 9.82. The van der Waals surface area contributed by atoms with Gasteiger partial charge in [-0.3, -0.25) is 9.59 Å². The standard InChI is InChI=1S/C31H26N2O4/c1-3-18-36-37-19-21-10-14-23(15-11-21)33-27-17-16-26(32-22-12-8-20(2)9-13-22)28-29(27)31(35)25-7-5-4-6-24(25)30(28)34/h3-17,32-33H,1,18-19H2,2H3. The summed E-state index contributed by atoms with van der Waals surface area (Å²) in [6.07, 6.45) is 1.61. The average Bonchev–Trinajstić information content (AvgIpc) is 2.92. The molecule has 2 N–H and O–H groups in total. The summed E-state index contributed by atoms with van der Waals surface area (Å²) in [5.41, 5.74) is 6.35. The maximum absolute atomic E-state index is 13.7. The Kier molecular flexibility index (Phi) is 6.94. The zero-order valence-corrected chi connectivity index (χ0v) is 20.4. The number of hydrogen-bond acceptors (Lipinski definition) is 6. The van der Waals surface area contributed by atoms with Crippen LogP contribution in [0.1, 0.15) is 43.0 Å². The average molecular weight is 491 g/mol. The molecule has 184 valence electrons. The van der Waals surface area contributed by atoms with Crippen molar-refractivity contribution in [3.8, 4) is 0 Å². The van der Waals surface area contributed by atoms with Gasteiger partial charge in [0.2, 0.25) is 0 Å². The van der Waals surface area contributed by atoms with E-state index >= 15 is 0 Å². The summed E-state index contributed by atoms with van der Waals surface area (Å²) >= 11 is 0. The van der Waals surface area contributed by atoms with E-state index < -0.39 is 0 Å². The van der Waals surface area contributed by atoms with Crippen molar-refractivity contribution in [2.24, 2.45) is 0 Å². The molecule has 0 atom stereocenters. The first kappa shape index (κ1) is 24.2. The molecule has 0 bridgehead atoms. The van der Waals surface area contributed by atoms with Crippen LogP contribution in [0.4, 0.5) is 22.7 Å². The Balaban J connectivity index is 1.49. The topological polar surface area (TPSA) is 76.7 Å². The van der Waals surface area contributed by atoms with Crippen molar-refractivity contribution >= 4 is 34.3 Å². The Hall–Kier alpha value is -4.52. The van der Waals surface area contributed by atoms with Crippen molar-refractivity contribution in [1.82, 2.24) is 0 Å². The molecule has 37 heavy (non-hydrogen) atoms. The normalized spacial score (nSPS) is 12.0. The molecule has 0 aromatic heterocycles. The minimum Gasteiger partial charge on any atom is -0.355 e. The first-order valence-corrected chi connectivity index (χ1v) is 12.0. The Morgan fingerprint density at radius 3 is 1.73 bits per heavy atom.